The number of anilines is 2. The van der Waals surface area contributed by atoms with Gasteiger partial charge in [-0.2, -0.15) is 0 Å². The zero-order valence-electron chi connectivity index (χ0n) is 9.18. The van der Waals surface area contributed by atoms with E-state index in [2.05, 4.69) is 41.6 Å². The molecule has 0 bridgehead atoms. The number of nitrogens with two attached hydrogens (primary N) is 1. The Bertz CT molecular complexity index is 510. The van der Waals surface area contributed by atoms with Crippen molar-refractivity contribution in [3.63, 3.8) is 0 Å². The number of aromatic nitrogens is 4. The van der Waals surface area contributed by atoms with Crippen LogP contribution in [0, 0.1) is 0 Å². The molecule has 0 aromatic carbocycles. The number of hydrazine groups is 1. The molecule has 4 N–H and O–H groups in total. The van der Waals surface area contributed by atoms with Crippen LogP contribution in [0.25, 0.3) is 0 Å². The van der Waals surface area contributed by atoms with Crippen molar-refractivity contribution in [2.24, 2.45) is 12.9 Å². The first kappa shape index (κ1) is 11.8. The van der Waals surface area contributed by atoms with Crippen LogP contribution in [0.2, 0.25) is 0 Å². The number of rotatable bonds is 4. The lowest BCUT2D eigenvalue weighted by Crippen LogP contribution is -2.12. The van der Waals surface area contributed by atoms with Crippen molar-refractivity contribution in [2.45, 2.75) is 6.54 Å². The molecule has 2 aromatic rings. The molecule has 0 saturated heterocycles. The summed E-state index contributed by atoms with van der Waals surface area (Å²) in [7, 11) is 1.94. The largest absolute Gasteiger partial charge is 0.362 e. The van der Waals surface area contributed by atoms with Gasteiger partial charge in [0, 0.05) is 19.4 Å². The summed E-state index contributed by atoms with van der Waals surface area (Å²) in [5.41, 5.74) is 2.48. The molecule has 17 heavy (non-hydrogen) atoms. The minimum absolute atomic E-state index is 0.530. The summed E-state index contributed by atoms with van der Waals surface area (Å²) < 4.78 is 2.63. The monoisotopic (exact) mass is 297 g/mol. The Morgan fingerprint density at radius 2 is 2.12 bits per heavy atom. The van der Waals surface area contributed by atoms with Gasteiger partial charge in [0.15, 0.2) is 5.82 Å². The molecular formula is C9H12BrN7. The molecule has 8 heteroatoms. The molecular weight excluding hydrogens is 286 g/mol. The normalized spacial score (nSPS) is 10.3. The highest BCUT2D eigenvalue weighted by atomic mass is 79.9. The fourth-order valence-electron chi connectivity index (χ4n) is 1.32. The van der Waals surface area contributed by atoms with Crippen LogP contribution in [-0.2, 0) is 13.6 Å². The minimum atomic E-state index is 0.530. The minimum Gasteiger partial charge on any atom is -0.362 e. The number of hydrogen-bond acceptors (Lipinski definition) is 6. The van der Waals surface area contributed by atoms with Crippen LogP contribution in [0.4, 0.5) is 11.6 Å². The Morgan fingerprint density at radius 3 is 2.76 bits per heavy atom. The molecule has 0 amide bonds. The fourth-order valence-corrected chi connectivity index (χ4v) is 1.78. The van der Waals surface area contributed by atoms with Crippen LogP contribution in [0.5, 0.6) is 0 Å². The molecule has 0 aliphatic carbocycles. The van der Waals surface area contributed by atoms with E-state index in [1.807, 2.05) is 17.8 Å². The molecule has 2 aromatic heterocycles. The first-order valence-corrected chi connectivity index (χ1v) is 5.69. The molecule has 2 heterocycles. The molecule has 0 aliphatic heterocycles. The highest BCUT2D eigenvalue weighted by molar-refractivity contribution is 9.10. The molecule has 0 aliphatic rings. The SMILES string of the molecule is Cn1ccnc1CNc1ncnc(NN)c1Br. The van der Waals surface area contributed by atoms with Crippen LogP contribution < -0.4 is 16.6 Å². The smallest absolute Gasteiger partial charge is 0.159 e. The van der Waals surface area contributed by atoms with E-state index in [0.717, 1.165) is 5.82 Å². The molecule has 0 spiro atoms. The number of aryl methyl sites for hydroxylation is 1. The van der Waals surface area contributed by atoms with Gasteiger partial charge in [0.25, 0.3) is 0 Å². The molecule has 2 rings (SSSR count). The van der Waals surface area contributed by atoms with Crippen LogP contribution in [0.15, 0.2) is 23.2 Å². The van der Waals surface area contributed by atoms with Gasteiger partial charge in [0.2, 0.25) is 0 Å². The molecule has 7 nitrogen and oxygen atoms in total. The highest BCUT2D eigenvalue weighted by Crippen LogP contribution is 2.25. The average molecular weight is 298 g/mol. The quantitative estimate of drug-likeness (QED) is 0.573. The maximum atomic E-state index is 5.32. The number of nitrogen functional groups attached to an aromatic ring is 1. The first-order valence-electron chi connectivity index (χ1n) is 4.89. The lowest BCUT2D eigenvalue weighted by molar-refractivity contribution is 0.810. The standard InChI is InChI=1S/C9H12BrN7/c1-17-3-2-12-6(17)4-13-8-7(10)9(16-11)15-5-14-8/h2-3,5H,4,11H2,1H3,(H2,13,14,15,16). The maximum Gasteiger partial charge on any atom is 0.159 e. The molecule has 90 valence electrons. The number of nitrogens with one attached hydrogen (secondary N) is 2. The molecule has 0 fully saturated rings. The van der Waals surface area contributed by atoms with Crippen molar-refractivity contribution >= 4 is 27.6 Å². The van der Waals surface area contributed by atoms with E-state index in [1.165, 1.54) is 6.33 Å². The summed E-state index contributed by atoms with van der Waals surface area (Å²) in [5.74, 6) is 7.43. The van der Waals surface area contributed by atoms with Crippen molar-refractivity contribution in [3.8, 4) is 0 Å². The Labute approximate surface area is 107 Å². The predicted octanol–water partition coefficient (Wildman–Crippen LogP) is 0.870. The van der Waals surface area contributed by atoms with Crippen molar-refractivity contribution in [2.75, 3.05) is 10.7 Å². The molecule has 0 unspecified atom stereocenters. The summed E-state index contributed by atoms with van der Waals surface area (Å²) in [5, 5.41) is 3.15. The second-order valence-corrected chi connectivity index (χ2v) is 4.13. The van der Waals surface area contributed by atoms with Gasteiger partial charge in [-0.05, 0) is 15.9 Å². The van der Waals surface area contributed by atoms with Crippen LogP contribution >= 0.6 is 15.9 Å². The van der Waals surface area contributed by atoms with E-state index in [-0.39, 0.29) is 0 Å². The highest BCUT2D eigenvalue weighted by Gasteiger charge is 2.08. The predicted molar refractivity (Wildman–Crippen MR) is 68.1 cm³/mol. The number of halogens is 1. The van der Waals surface area contributed by atoms with Gasteiger partial charge in [-0.25, -0.2) is 20.8 Å². The van der Waals surface area contributed by atoms with Gasteiger partial charge in [0.1, 0.15) is 22.4 Å². The van der Waals surface area contributed by atoms with E-state index in [0.29, 0.717) is 22.7 Å². The van der Waals surface area contributed by atoms with Gasteiger partial charge in [-0.15, -0.1) is 0 Å². The number of hydrogen-bond donors (Lipinski definition) is 3. The zero-order chi connectivity index (χ0) is 12.3. The summed E-state index contributed by atoms with van der Waals surface area (Å²) in [4.78, 5) is 12.3. The van der Waals surface area contributed by atoms with Crippen LogP contribution in [0.3, 0.4) is 0 Å². The molecule has 0 saturated carbocycles. The Hall–Kier alpha value is -1.67. The van der Waals surface area contributed by atoms with E-state index >= 15 is 0 Å². The zero-order valence-corrected chi connectivity index (χ0v) is 10.8. The lowest BCUT2D eigenvalue weighted by Gasteiger charge is -2.09. The first-order chi connectivity index (χ1) is 8.22. The Morgan fingerprint density at radius 1 is 1.35 bits per heavy atom. The van der Waals surface area contributed by atoms with Crippen molar-refractivity contribution in [1.82, 2.24) is 19.5 Å². The molecule has 0 radical (unpaired) electrons. The van der Waals surface area contributed by atoms with Gasteiger partial charge in [-0.1, -0.05) is 0 Å². The number of nitrogens with zero attached hydrogens (tertiary/aromatic N) is 4. The van der Waals surface area contributed by atoms with E-state index in [4.69, 9.17) is 5.84 Å². The van der Waals surface area contributed by atoms with Crippen molar-refractivity contribution < 1.29 is 0 Å². The Balaban J connectivity index is 2.12. The third-order valence-electron chi connectivity index (χ3n) is 2.26. The molecule has 0 atom stereocenters. The maximum absolute atomic E-state index is 5.32. The van der Waals surface area contributed by atoms with Crippen molar-refractivity contribution in [3.05, 3.63) is 29.0 Å². The lowest BCUT2D eigenvalue weighted by atomic mass is 10.5. The summed E-state index contributed by atoms with van der Waals surface area (Å²) in [6.45, 7) is 0.573. The van der Waals surface area contributed by atoms with Gasteiger partial charge < -0.3 is 15.3 Å². The average Bonchev–Trinajstić information content (AvgIpc) is 2.74. The van der Waals surface area contributed by atoms with Crippen molar-refractivity contribution in [1.29, 1.82) is 0 Å². The second-order valence-electron chi connectivity index (χ2n) is 3.34. The second kappa shape index (κ2) is 5.11. The van der Waals surface area contributed by atoms with Gasteiger partial charge in [0.05, 0.1) is 6.54 Å². The van der Waals surface area contributed by atoms with Gasteiger partial charge >= 0.3 is 0 Å². The van der Waals surface area contributed by atoms with E-state index in [9.17, 15) is 0 Å². The number of imidazole rings is 1. The summed E-state index contributed by atoms with van der Waals surface area (Å²) in [6, 6.07) is 0. The van der Waals surface area contributed by atoms with E-state index in [1.54, 1.807) is 6.20 Å². The summed E-state index contributed by atoms with van der Waals surface area (Å²) >= 11 is 3.37. The van der Waals surface area contributed by atoms with Crippen LogP contribution in [-0.4, -0.2) is 19.5 Å². The van der Waals surface area contributed by atoms with Gasteiger partial charge in [-0.3, -0.25) is 0 Å². The third kappa shape index (κ3) is 2.53. The Kier molecular flexibility index (Phi) is 3.55. The van der Waals surface area contributed by atoms with Crippen LogP contribution in [0.1, 0.15) is 5.82 Å². The fraction of sp³-hybridized carbons (Fsp3) is 0.222. The topological polar surface area (TPSA) is 93.7 Å². The summed E-state index contributed by atoms with van der Waals surface area (Å²) in [6.07, 6.45) is 5.07. The third-order valence-corrected chi connectivity index (χ3v) is 3.01. The van der Waals surface area contributed by atoms with E-state index < -0.39 is 0 Å².